The lowest BCUT2D eigenvalue weighted by atomic mass is 10.4. The Balaban J connectivity index is 2.42. The highest BCUT2D eigenvalue weighted by Gasteiger charge is 2.54. The van der Waals surface area contributed by atoms with Gasteiger partial charge in [-0.2, -0.15) is 0 Å². The molecule has 2 rings (SSSR count). The van der Waals surface area contributed by atoms with Crippen LogP contribution >= 0.6 is 0 Å². The van der Waals surface area contributed by atoms with Crippen LogP contribution in [0.1, 0.15) is 5.82 Å². The molecule has 1 aromatic rings. The maximum atomic E-state index is 10.8. The number of hydrogen-bond donors (Lipinski definition) is 1. The molecule has 0 aromatic carbocycles. The lowest BCUT2D eigenvalue weighted by Gasteiger charge is -2.31. The SMILES string of the molecule is Cc1nccn1C1(O)OOC1=O. The first-order valence-corrected chi connectivity index (χ1v) is 3.27. The topological polar surface area (TPSA) is 73.6 Å². The van der Waals surface area contributed by atoms with Crippen molar-refractivity contribution in [2.75, 3.05) is 0 Å². The zero-order chi connectivity index (χ0) is 8.77. The van der Waals surface area contributed by atoms with Gasteiger partial charge in [-0.3, -0.25) is 9.45 Å². The number of carbonyl (C=O) groups is 1. The van der Waals surface area contributed by atoms with E-state index in [0.29, 0.717) is 5.82 Å². The molecule has 1 fully saturated rings. The molecule has 0 bridgehead atoms. The summed E-state index contributed by atoms with van der Waals surface area (Å²) < 4.78 is 1.18. The van der Waals surface area contributed by atoms with Crippen LogP contribution in [0.15, 0.2) is 12.4 Å². The summed E-state index contributed by atoms with van der Waals surface area (Å²) in [5, 5.41) is 9.45. The molecule has 1 unspecified atom stereocenters. The zero-order valence-corrected chi connectivity index (χ0v) is 6.22. The molecular formula is C6H6N2O4. The molecule has 1 saturated heterocycles. The quantitative estimate of drug-likeness (QED) is 0.563. The second-order valence-corrected chi connectivity index (χ2v) is 2.41. The van der Waals surface area contributed by atoms with Crippen LogP contribution in [0.25, 0.3) is 0 Å². The molecule has 0 amide bonds. The van der Waals surface area contributed by atoms with Gasteiger partial charge in [0.1, 0.15) is 5.82 Å². The van der Waals surface area contributed by atoms with Crippen LogP contribution in [0.4, 0.5) is 0 Å². The third-order valence-electron chi connectivity index (χ3n) is 1.65. The lowest BCUT2D eigenvalue weighted by molar-refractivity contribution is -0.491. The molecule has 1 aliphatic rings. The minimum absolute atomic E-state index is 0.467. The molecule has 64 valence electrons. The van der Waals surface area contributed by atoms with Crippen molar-refractivity contribution in [2.45, 2.75) is 12.8 Å². The van der Waals surface area contributed by atoms with Crippen molar-refractivity contribution in [1.29, 1.82) is 0 Å². The molecule has 6 heteroatoms. The van der Waals surface area contributed by atoms with Crippen molar-refractivity contribution in [3.8, 4) is 0 Å². The van der Waals surface area contributed by atoms with Crippen molar-refractivity contribution in [2.24, 2.45) is 0 Å². The normalized spacial score (nSPS) is 28.0. The molecule has 0 saturated carbocycles. The first-order chi connectivity index (χ1) is 5.64. The third kappa shape index (κ3) is 0.702. The van der Waals surface area contributed by atoms with Crippen LogP contribution < -0.4 is 0 Å². The number of aliphatic hydroxyl groups is 1. The predicted octanol–water partition coefficient (Wildman–Crippen LogP) is -0.717. The van der Waals surface area contributed by atoms with E-state index in [1.54, 1.807) is 6.92 Å². The van der Waals surface area contributed by atoms with Crippen molar-refractivity contribution in [1.82, 2.24) is 9.55 Å². The molecule has 1 aromatic heterocycles. The summed E-state index contributed by atoms with van der Waals surface area (Å²) in [5.74, 6) is -2.39. The van der Waals surface area contributed by atoms with Gasteiger partial charge in [0, 0.05) is 12.4 Å². The maximum absolute atomic E-state index is 10.8. The molecular weight excluding hydrogens is 164 g/mol. The Hall–Kier alpha value is -1.40. The number of rotatable bonds is 1. The summed E-state index contributed by atoms with van der Waals surface area (Å²) in [5.41, 5.74) is 0. The summed E-state index contributed by atoms with van der Waals surface area (Å²) in [4.78, 5) is 22.8. The van der Waals surface area contributed by atoms with Crippen LogP contribution in [0.2, 0.25) is 0 Å². The maximum Gasteiger partial charge on any atom is 0.428 e. The van der Waals surface area contributed by atoms with Crippen molar-refractivity contribution >= 4 is 5.97 Å². The van der Waals surface area contributed by atoms with E-state index in [4.69, 9.17) is 0 Å². The van der Waals surface area contributed by atoms with Gasteiger partial charge < -0.3 is 5.11 Å². The van der Waals surface area contributed by atoms with Gasteiger partial charge in [0.15, 0.2) is 0 Å². The second kappa shape index (κ2) is 2.05. The number of imidazole rings is 1. The molecule has 12 heavy (non-hydrogen) atoms. The third-order valence-corrected chi connectivity index (χ3v) is 1.65. The largest absolute Gasteiger partial charge is 0.428 e. The average Bonchev–Trinajstić information content (AvgIpc) is 2.47. The van der Waals surface area contributed by atoms with E-state index in [0.717, 1.165) is 0 Å². The van der Waals surface area contributed by atoms with E-state index in [-0.39, 0.29) is 0 Å². The first kappa shape index (κ1) is 7.26. The Morgan fingerprint density at radius 1 is 1.75 bits per heavy atom. The van der Waals surface area contributed by atoms with Gasteiger partial charge in [-0.05, 0) is 6.92 Å². The van der Waals surface area contributed by atoms with Crippen molar-refractivity contribution in [3.63, 3.8) is 0 Å². The number of aromatic nitrogens is 2. The summed E-state index contributed by atoms with van der Waals surface area (Å²) in [6, 6.07) is 0. The van der Waals surface area contributed by atoms with Crippen molar-refractivity contribution in [3.05, 3.63) is 18.2 Å². The highest BCUT2D eigenvalue weighted by molar-refractivity contribution is 5.77. The van der Waals surface area contributed by atoms with E-state index in [9.17, 15) is 9.90 Å². The molecule has 2 heterocycles. The molecule has 0 spiro atoms. The fourth-order valence-corrected chi connectivity index (χ4v) is 0.987. The smallest absolute Gasteiger partial charge is 0.337 e. The highest BCUT2D eigenvalue weighted by Crippen LogP contribution is 2.27. The minimum Gasteiger partial charge on any atom is -0.337 e. The molecule has 1 aliphatic heterocycles. The predicted molar refractivity (Wildman–Crippen MR) is 34.3 cm³/mol. The summed E-state index contributed by atoms with van der Waals surface area (Å²) in [6.07, 6.45) is 2.87. The summed E-state index contributed by atoms with van der Waals surface area (Å²) >= 11 is 0. The molecule has 0 aliphatic carbocycles. The van der Waals surface area contributed by atoms with Crippen LogP contribution in [0.3, 0.4) is 0 Å². The Bertz CT molecular complexity index is 334. The molecule has 0 radical (unpaired) electrons. The van der Waals surface area contributed by atoms with Gasteiger partial charge >= 0.3 is 11.9 Å². The Labute approximate surface area is 67.3 Å². The Morgan fingerprint density at radius 2 is 2.50 bits per heavy atom. The van der Waals surface area contributed by atoms with Gasteiger partial charge in [0.2, 0.25) is 0 Å². The van der Waals surface area contributed by atoms with E-state index in [1.165, 1.54) is 17.0 Å². The minimum atomic E-state index is -2.01. The fourth-order valence-electron chi connectivity index (χ4n) is 0.987. The number of aryl methyl sites for hydroxylation is 1. The number of hydrogen-bond acceptors (Lipinski definition) is 5. The summed E-state index contributed by atoms with van der Waals surface area (Å²) in [7, 11) is 0. The van der Waals surface area contributed by atoms with Gasteiger partial charge in [0.05, 0.1) is 0 Å². The standard InChI is InChI=1S/C6H6N2O4/c1-4-7-2-3-8(4)6(10)5(9)11-12-6/h2-3,10H,1H3. The summed E-state index contributed by atoms with van der Waals surface area (Å²) in [6.45, 7) is 1.63. The zero-order valence-electron chi connectivity index (χ0n) is 6.22. The fraction of sp³-hybridized carbons (Fsp3) is 0.333. The van der Waals surface area contributed by atoms with Crippen LogP contribution in [-0.2, 0) is 20.5 Å². The van der Waals surface area contributed by atoms with Gasteiger partial charge in [-0.25, -0.2) is 9.78 Å². The van der Waals surface area contributed by atoms with E-state index in [1.807, 2.05) is 0 Å². The molecule has 1 atom stereocenters. The number of nitrogens with zero attached hydrogens (tertiary/aromatic N) is 2. The molecule has 6 nitrogen and oxygen atoms in total. The Kier molecular flexibility index (Phi) is 1.24. The van der Waals surface area contributed by atoms with E-state index >= 15 is 0 Å². The average molecular weight is 170 g/mol. The van der Waals surface area contributed by atoms with Gasteiger partial charge in [0.25, 0.3) is 0 Å². The van der Waals surface area contributed by atoms with Crippen molar-refractivity contribution < 1.29 is 19.7 Å². The highest BCUT2D eigenvalue weighted by atomic mass is 17.3. The van der Waals surface area contributed by atoms with Crippen LogP contribution in [0, 0.1) is 6.92 Å². The Morgan fingerprint density at radius 3 is 2.83 bits per heavy atom. The van der Waals surface area contributed by atoms with Gasteiger partial charge in [-0.1, -0.05) is 0 Å². The van der Waals surface area contributed by atoms with Crippen LogP contribution in [-0.4, -0.2) is 20.6 Å². The van der Waals surface area contributed by atoms with E-state index in [2.05, 4.69) is 14.8 Å². The second-order valence-electron chi connectivity index (χ2n) is 2.41. The monoisotopic (exact) mass is 170 g/mol. The van der Waals surface area contributed by atoms with E-state index < -0.39 is 11.9 Å². The number of carbonyl (C=O) groups excluding carboxylic acids is 1. The van der Waals surface area contributed by atoms with Crippen LogP contribution in [0.5, 0.6) is 0 Å². The first-order valence-electron chi connectivity index (χ1n) is 3.27. The van der Waals surface area contributed by atoms with Gasteiger partial charge in [-0.15, -0.1) is 4.89 Å². The lowest BCUT2D eigenvalue weighted by Crippen LogP contribution is -2.54. The molecule has 1 N–H and O–H groups in total.